The van der Waals surface area contributed by atoms with E-state index in [1.165, 1.54) is 6.08 Å². The number of rotatable bonds is 4. The highest BCUT2D eigenvalue weighted by Gasteiger charge is 1.94. The highest BCUT2D eigenvalue weighted by Crippen LogP contribution is 1.99. The van der Waals surface area contributed by atoms with Crippen molar-refractivity contribution in [2.24, 2.45) is 0 Å². The van der Waals surface area contributed by atoms with E-state index in [1.54, 1.807) is 12.2 Å². The fourth-order valence-corrected chi connectivity index (χ4v) is 0.392. The summed E-state index contributed by atoms with van der Waals surface area (Å²) >= 11 is 0. The monoisotopic (exact) mass is 132 g/mol. The Morgan fingerprint density at radius 3 is 2.44 bits per heavy atom. The molecule has 0 nitrogen and oxygen atoms in total. The summed E-state index contributed by atoms with van der Waals surface area (Å²) in [6, 6.07) is 0. The lowest BCUT2D eigenvalue weighted by Gasteiger charge is -1.87. The van der Waals surface area contributed by atoms with E-state index in [9.17, 15) is 8.78 Å². The van der Waals surface area contributed by atoms with E-state index in [4.69, 9.17) is 0 Å². The van der Waals surface area contributed by atoms with Gasteiger partial charge in [-0.15, -0.1) is 6.58 Å². The van der Waals surface area contributed by atoms with E-state index in [0.717, 1.165) is 0 Å². The smallest absolute Gasteiger partial charge is 0.210 e. The molecule has 0 saturated carbocycles. The zero-order valence-corrected chi connectivity index (χ0v) is 5.19. The minimum absolute atomic E-state index is 0.145. The van der Waals surface area contributed by atoms with Gasteiger partial charge in [0, 0.05) is 6.42 Å². The van der Waals surface area contributed by atoms with Crippen LogP contribution >= 0.6 is 0 Å². The number of hydrogen-bond acceptors (Lipinski definition) is 0. The molecule has 0 atom stereocenters. The minimum Gasteiger partial charge on any atom is -0.210 e. The van der Waals surface area contributed by atoms with Crippen molar-refractivity contribution in [3.05, 3.63) is 24.8 Å². The van der Waals surface area contributed by atoms with Crippen molar-refractivity contribution in [3.63, 3.8) is 0 Å². The lowest BCUT2D eigenvalue weighted by Crippen LogP contribution is -1.83. The zero-order chi connectivity index (χ0) is 7.11. The molecule has 0 saturated heterocycles. The number of allylic oxidation sites excluding steroid dienone is 3. The van der Waals surface area contributed by atoms with Crippen LogP contribution in [0, 0.1) is 0 Å². The van der Waals surface area contributed by atoms with Crippen LogP contribution in [0.2, 0.25) is 0 Å². The van der Waals surface area contributed by atoms with E-state index in [-0.39, 0.29) is 6.42 Å². The molecule has 0 rings (SSSR count). The third-order valence-corrected chi connectivity index (χ3v) is 0.784. The Kier molecular flexibility index (Phi) is 5.07. The van der Waals surface area contributed by atoms with Gasteiger partial charge < -0.3 is 0 Å². The van der Waals surface area contributed by atoms with Crippen LogP contribution in [0.25, 0.3) is 0 Å². The first kappa shape index (κ1) is 8.34. The average Bonchev–Trinajstić information content (AvgIpc) is 1.80. The molecular weight excluding hydrogens is 122 g/mol. The minimum atomic E-state index is -2.22. The lowest BCUT2D eigenvalue weighted by atomic mass is 10.3. The van der Waals surface area contributed by atoms with E-state index >= 15 is 0 Å². The molecule has 0 aliphatic carbocycles. The molecule has 2 heteroatoms. The molecule has 0 bridgehead atoms. The van der Waals surface area contributed by atoms with Gasteiger partial charge in [0.25, 0.3) is 0 Å². The van der Waals surface area contributed by atoms with Gasteiger partial charge in [-0.3, -0.25) is 0 Å². The predicted octanol–water partition coefficient (Wildman–Crippen LogP) is 2.77. The largest absolute Gasteiger partial charge is 0.242 e. The number of alkyl halides is 2. The molecule has 0 aromatic rings. The maximum absolute atomic E-state index is 11.4. The van der Waals surface area contributed by atoms with Gasteiger partial charge in [0.05, 0.1) is 0 Å². The highest BCUT2D eigenvalue weighted by molar-refractivity contribution is 4.88. The Labute approximate surface area is 53.9 Å². The van der Waals surface area contributed by atoms with Crippen molar-refractivity contribution in [1.82, 2.24) is 0 Å². The van der Waals surface area contributed by atoms with Crippen LogP contribution in [0.3, 0.4) is 0 Å². The van der Waals surface area contributed by atoms with Gasteiger partial charge in [0.1, 0.15) is 0 Å². The predicted molar refractivity (Wildman–Crippen MR) is 34.6 cm³/mol. The van der Waals surface area contributed by atoms with Crippen molar-refractivity contribution >= 4 is 0 Å². The van der Waals surface area contributed by atoms with Crippen LogP contribution in [-0.4, -0.2) is 6.43 Å². The molecule has 9 heavy (non-hydrogen) atoms. The average molecular weight is 132 g/mol. The molecule has 0 aromatic heterocycles. The Bertz CT molecular complexity index is 95.1. The van der Waals surface area contributed by atoms with Crippen molar-refractivity contribution in [2.45, 2.75) is 19.3 Å². The standard InChI is InChI=1S/C7H10F2/c1-2-3-4-5-6-7(8)9/h2,4-5,7H,1,3,6H2/b5-4+. The molecule has 0 N–H and O–H groups in total. The van der Waals surface area contributed by atoms with Crippen molar-refractivity contribution in [2.75, 3.05) is 0 Å². The van der Waals surface area contributed by atoms with E-state index in [2.05, 4.69) is 6.58 Å². The summed E-state index contributed by atoms with van der Waals surface area (Å²) in [5, 5.41) is 0. The first-order chi connectivity index (χ1) is 4.27. The topological polar surface area (TPSA) is 0 Å². The summed E-state index contributed by atoms with van der Waals surface area (Å²) in [6.07, 6.45) is 3.12. The fourth-order valence-electron chi connectivity index (χ4n) is 0.392. The SMILES string of the molecule is C=CC/C=C/CC(F)F. The number of halogens is 2. The highest BCUT2D eigenvalue weighted by atomic mass is 19.3. The molecule has 0 aliphatic rings. The summed E-state index contributed by atoms with van der Waals surface area (Å²) < 4.78 is 22.8. The van der Waals surface area contributed by atoms with Gasteiger partial charge in [0.15, 0.2) is 0 Å². The van der Waals surface area contributed by atoms with Gasteiger partial charge in [-0.2, -0.15) is 0 Å². The second-order valence-electron chi connectivity index (χ2n) is 1.62. The van der Waals surface area contributed by atoms with E-state index in [1.807, 2.05) is 0 Å². The third-order valence-electron chi connectivity index (χ3n) is 0.784. The van der Waals surface area contributed by atoms with Gasteiger partial charge >= 0.3 is 0 Å². The summed E-state index contributed by atoms with van der Waals surface area (Å²) in [6.45, 7) is 3.44. The Balaban J connectivity index is 3.14. The molecule has 0 heterocycles. The Morgan fingerprint density at radius 2 is 2.00 bits per heavy atom. The summed E-state index contributed by atoms with van der Waals surface area (Å²) in [5.41, 5.74) is 0. The zero-order valence-electron chi connectivity index (χ0n) is 5.19. The second-order valence-corrected chi connectivity index (χ2v) is 1.62. The number of hydrogen-bond donors (Lipinski definition) is 0. The van der Waals surface area contributed by atoms with Crippen molar-refractivity contribution in [3.8, 4) is 0 Å². The van der Waals surface area contributed by atoms with E-state index in [0.29, 0.717) is 6.42 Å². The first-order valence-corrected chi connectivity index (χ1v) is 2.81. The maximum Gasteiger partial charge on any atom is 0.242 e. The fraction of sp³-hybridized carbons (Fsp3) is 0.429. The van der Waals surface area contributed by atoms with Gasteiger partial charge in [0.2, 0.25) is 6.43 Å². The Hall–Kier alpha value is -0.660. The second kappa shape index (κ2) is 5.48. The van der Waals surface area contributed by atoms with Crippen LogP contribution in [0.5, 0.6) is 0 Å². The lowest BCUT2D eigenvalue weighted by molar-refractivity contribution is 0.152. The first-order valence-electron chi connectivity index (χ1n) is 2.81. The molecule has 52 valence electrons. The van der Waals surface area contributed by atoms with Crippen molar-refractivity contribution in [1.29, 1.82) is 0 Å². The van der Waals surface area contributed by atoms with Gasteiger partial charge in [-0.25, -0.2) is 8.78 Å². The van der Waals surface area contributed by atoms with E-state index < -0.39 is 6.43 Å². The Morgan fingerprint density at radius 1 is 1.33 bits per heavy atom. The molecule has 0 spiro atoms. The maximum atomic E-state index is 11.4. The molecule has 0 aromatic carbocycles. The van der Waals surface area contributed by atoms with Crippen LogP contribution in [0.4, 0.5) is 8.78 Å². The summed E-state index contributed by atoms with van der Waals surface area (Å²) in [7, 11) is 0. The van der Waals surface area contributed by atoms with Crippen LogP contribution in [0.1, 0.15) is 12.8 Å². The molecule has 0 radical (unpaired) electrons. The normalized spacial score (nSPS) is 11.0. The summed E-state index contributed by atoms with van der Waals surface area (Å²) in [4.78, 5) is 0. The quantitative estimate of drug-likeness (QED) is 0.516. The molecule has 0 aliphatic heterocycles. The molecule has 0 unspecified atom stereocenters. The van der Waals surface area contributed by atoms with Crippen LogP contribution in [0.15, 0.2) is 24.8 Å². The van der Waals surface area contributed by atoms with Crippen LogP contribution in [-0.2, 0) is 0 Å². The van der Waals surface area contributed by atoms with Gasteiger partial charge in [-0.1, -0.05) is 18.2 Å². The summed E-state index contributed by atoms with van der Waals surface area (Å²) in [5.74, 6) is 0. The van der Waals surface area contributed by atoms with Crippen LogP contribution < -0.4 is 0 Å². The molecule has 0 fully saturated rings. The van der Waals surface area contributed by atoms with Crippen molar-refractivity contribution < 1.29 is 8.78 Å². The molecule has 0 amide bonds. The molecular formula is C7H10F2. The third kappa shape index (κ3) is 7.34. The van der Waals surface area contributed by atoms with Gasteiger partial charge in [-0.05, 0) is 6.42 Å².